The van der Waals surface area contributed by atoms with Crippen molar-refractivity contribution in [2.24, 2.45) is 0 Å². The van der Waals surface area contributed by atoms with E-state index in [2.05, 4.69) is 164 Å². The molecule has 0 saturated heterocycles. The van der Waals surface area contributed by atoms with E-state index in [1.54, 1.807) is 0 Å². The maximum atomic E-state index is 13.0. The van der Waals surface area contributed by atoms with E-state index in [1.807, 2.05) is 25.5 Å². The molecule has 0 atom stereocenters. The summed E-state index contributed by atoms with van der Waals surface area (Å²) in [5.74, 6) is 0. The van der Waals surface area contributed by atoms with Crippen LogP contribution >= 0.6 is 7.14 Å². The van der Waals surface area contributed by atoms with Crippen molar-refractivity contribution in [2.75, 3.05) is 13.3 Å². The van der Waals surface area contributed by atoms with E-state index in [1.165, 1.54) is 92.8 Å². The SMILES string of the molecule is CP(C)(=O)c1cccc(-c2cc3cccc4c(-c5ccc(-c6c(-c7ccccc7)c7ccccc7c7ccccc67)cc5)cc5cccc2c5c34)c1. The molecule has 0 saturated carbocycles. The summed E-state index contributed by atoms with van der Waals surface area (Å²) in [7, 11) is -2.40. The van der Waals surface area contributed by atoms with Crippen LogP contribution < -0.4 is 5.30 Å². The summed E-state index contributed by atoms with van der Waals surface area (Å²) in [6.45, 7) is 3.69. The van der Waals surface area contributed by atoms with E-state index in [9.17, 15) is 4.57 Å². The van der Waals surface area contributed by atoms with Crippen molar-refractivity contribution in [3.8, 4) is 44.5 Å². The molecule has 0 N–H and O–H groups in total. The molecule has 1 nitrogen and oxygen atoms in total. The summed E-state index contributed by atoms with van der Waals surface area (Å²) in [5.41, 5.74) is 9.67. The minimum atomic E-state index is -2.40. The van der Waals surface area contributed by atoms with Crippen LogP contribution in [0.25, 0.3) is 98.4 Å². The zero-order valence-corrected chi connectivity index (χ0v) is 30.0. The van der Waals surface area contributed by atoms with Crippen molar-refractivity contribution in [2.45, 2.75) is 0 Å². The van der Waals surface area contributed by atoms with Crippen LogP contribution in [0.4, 0.5) is 0 Å². The number of hydrogen-bond acceptors (Lipinski definition) is 1. The van der Waals surface area contributed by atoms with Gasteiger partial charge in [-0.3, -0.25) is 0 Å². The average Bonchev–Trinajstić information content (AvgIpc) is 3.19. The molecule has 2 heteroatoms. The highest BCUT2D eigenvalue weighted by Gasteiger charge is 2.20. The lowest BCUT2D eigenvalue weighted by Gasteiger charge is -2.20. The molecule has 0 unspecified atom stereocenters. The van der Waals surface area contributed by atoms with Gasteiger partial charge in [-0.1, -0.05) is 158 Å². The Morgan fingerprint density at radius 3 is 1.33 bits per heavy atom. The lowest BCUT2D eigenvalue weighted by Crippen LogP contribution is -2.02. The van der Waals surface area contributed by atoms with Crippen LogP contribution in [0.2, 0.25) is 0 Å². The molecule has 0 fully saturated rings. The normalized spacial score (nSPS) is 12.1. The van der Waals surface area contributed by atoms with Gasteiger partial charge in [-0.05, 0) is 130 Å². The first-order chi connectivity index (χ1) is 25.4. The average molecular weight is 683 g/mol. The lowest BCUT2D eigenvalue weighted by atomic mass is 9.84. The predicted molar refractivity (Wildman–Crippen MR) is 226 cm³/mol. The Morgan fingerprint density at radius 2 is 0.769 bits per heavy atom. The number of hydrogen-bond donors (Lipinski definition) is 0. The zero-order valence-electron chi connectivity index (χ0n) is 29.1. The predicted octanol–water partition coefficient (Wildman–Crippen LogP) is 13.8. The summed E-state index contributed by atoms with van der Waals surface area (Å²) in [5, 5.41) is 13.5. The van der Waals surface area contributed by atoms with Crippen molar-refractivity contribution < 1.29 is 4.57 Å². The molecule has 0 aliphatic heterocycles. The summed E-state index contributed by atoms with van der Waals surface area (Å²) < 4.78 is 13.0. The fourth-order valence-electron chi connectivity index (χ4n) is 8.50. The Hall–Kier alpha value is -6.01. The first-order valence-electron chi connectivity index (χ1n) is 17.9. The quantitative estimate of drug-likeness (QED) is 0.130. The van der Waals surface area contributed by atoms with E-state index in [-0.39, 0.29) is 0 Å². The molecule has 0 radical (unpaired) electrons. The van der Waals surface area contributed by atoms with Gasteiger partial charge in [-0.15, -0.1) is 0 Å². The van der Waals surface area contributed by atoms with Crippen LogP contribution in [-0.2, 0) is 4.57 Å². The minimum Gasteiger partial charge on any atom is -0.319 e. The Bertz CT molecular complexity index is 3040. The highest BCUT2D eigenvalue weighted by Crippen LogP contribution is 2.47. The molecule has 10 aromatic carbocycles. The highest BCUT2D eigenvalue weighted by molar-refractivity contribution is 7.70. The summed E-state index contributed by atoms with van der Waals surface area (Å²) in [4.78, 5) is 0. The molecular weight excluding hydrogens is 648 g/mol. The second-order valence-corrected chi connectivity index (χ2v) is 17.6. The van der Waals surface area contributed by atoms with Gasteiger partial charge in [0.25, 0.3) is 0 Å². The van der Waals surface area contributed by atoms with Crippen molar-refractivity contribution >= 4 is 66.3 Å². The molecule has 0 amide bonds. The molecule has 246 valence electrons. The maximum absolute atomic E-state index is 13.0. The van der Waals surface area contributed by atoms with Crippen LogP contribution in [0, 0.1) is 0 Å². The maximum Gasteiger partial charge on any atom is 0.109 e. The van der Waals surface area contributed by atoms with Gasteiger partial charge in [0.1, 0.15) is 7.14 Å². The second kappa shape index (κ2) is 11.8. The first kappa shape index (κ1) is 30.8. The highest BCUT2D eigenvalue weighted by atomic mass is 31.2. The van der Waals surface area contributed by atoms with Crippen LogP contribution in [0.1, 0.15) is 0 Å². The monoisotopic (exact) mass is 682 g/mol. The number of benzene rings is 10. The van der Waals surface area contributed by atoms with Gasteiger partial charge < -0.3 is 4.57 Å². The second-order valence-electron chi connectivity index (χ2n) is 14.3. The smallest absolute Gasteiger partial charge is 0.109 e. The molecular formula is C50H35OP. The first-order valence-corrected chi connectivity index (χ1v) is 20.5. The zero-order chi connectivity index (χ0) is 35.0. The van der Waals surface area contributed by atoms with E-state index in [0.29, 0.717) is 0 Å². The molecule has 10 aromatic rings. The molecule has 0 aliphatic carbocycles. The minimum absolute atomic E-state index is 0.911. The van der Waals surface area contributed by atoms with Crippen LogP contribution in [-0.4, -0.2) is 13.3 Å². The third-order valence-electron chi connectivity index (χ3n) is 10.9. The summed E-state index contributed by atoms with van der Waals surface area (Å²) >= 11 is 0. The molecule has 0 spiro atoms. The number of rotatable bonds is 5. The number of fused-ring (bicyclic) bond motifs is 3. The van der Waals surface area contributed by atoms with Gasteiger partial charge in [-0.2, -0.15) is 0 Å². The Balaban J connectivity index is 1.18. The third-order valence-corrected chi connectivity index (χ3v) is 12.4. The van der Waals surface area contributed by atoms with Crippen molar-refractivity contribution in [3.63, 3.8) is 0 Å². The topological polar surface area (TPSA) is 17.1 Å². The third kappa shape index (κ3) is 4.81. The standard InChI is InChI=1S/C50H35OP/c1-52(2,51)38-18-10-15-35(29-38)46-31-37-17-11-23-43-45(30-36-16-12-24-44(46)50(36)49(37)43)32-25-27-34(28-26-32)48-42-22-9-7-20-40(42)39-19-6-8-21-41(39)47(48)33-13-4-3-5-14-33/h3-31H,1-2H3. The lowest BCUT2D eigenvalue weighted by molar-refractivity contribution is 0.588. The van der Waals surface area contributed by atoms with Crippen LogP contribution in [0.15, 0.2) is 176 Å². The molecule has 0 bridgehead atoms. The van der Waals surface area contributed by atoms with E-state index in [4.69, 9.17) is 0 Å². The van der Waals surface area contributed by atoms with Crippen LogP contribution in [0.3, 0.4) is 0 Å². The van der Waals surface area contributed by atoms with Crippen molar-refractivity contribution in [3.05, 3.63) is 176 Å². The fraction of sp³-hybridized carbons (Fsp3) is 0.0400. The Morgan fingerprint density at radius 1 is 0.346 bits per heavy atom. The van der Waals surface area contributed by atoms with Gasteiger partial charge in [0.2, 0.25) is 0 Å². The molecule has 0 heterocycles. The van der Waals surface area contributed by atoms with Crippen LogP contribution in [0.5, 0.6) is 0 Å². The van der Waals surface area contributed by atoms with E-state index < -0.39 is 7.14 Å². The van der Waals surface area contributed by atoms with Gasteiger partial charge in [0.05, 0.1) is 0 Å². The van der Waals surface area contributed by atoms with Gasteiger partial charge >= 0.3 is 0 Å². The Labute approximate surface area is 303 Å². The summed E-state index contributed by atoms with van der Waals surface area (Å²) in [6, 6.07) is 64.0. The van der Waals surface area contributed by atoms with E-state index >= 15 is 0 Å². The van der Waals surface area contributed by atoms with Gasteiger partial charge in [0, 0.05) is 5.30 Å². The molecule has 52 heavy (non-hydrogen) atoms. The molecule has 0 aromatic heterocycles. The molecule has 0 aliphatic rings. The fourth-order valence-corrected chi connectivity index (χ4v) is 9.40. The Kier molecular flexibility index (Phi) is 6.97. The molecule has 10 rings (SSSR count). The van der Waals surface area contributed by atoms with Gasteiger partial charge in [0.15, 0.2) is 0 Å². The summed E-state index contributed by atoms with van der Waals surface area (Å²) in [6.07, 6.45) is 0. The van der Waals surface area contributed by atoms with E-state index in [0.717, 1.165) is 10.9 Å². The van der Waals surface area contributed by atoms with Crippen molar-refractivity contribution in [1.29, 1.82) is 0 Å². The largest absolute Gasteiger partial charge is 0.319 e. The van der Waals surface area contributed by atoms with Gasteiger partial charge in [-0.25, -0.2) is 0 Å². The van der Waals surface area contributed by atoms with Crippen molar-refractivity contribution in [1.82, 2.24) is 0 Å².